The molecule has 1 rings (SSSR count). The average molecular weight is 132 g/mol. The summed E-state index contributed by atoms with van der Waals surface area (Å²) in [6.07, 6.45) is 2.21. The predicted molar refractivity (Wildman–Crippen MR) is 31.5 cm³/mol. The quantitative estimate of drug-likeness (QED) is 0.283. The molecule has 50 valence electrons. The van der Waals surface area contributed by atoms with Crippen molar-refractivity contribution in [2.75, 3.05) is 0 Å². The van der Waals surface area contributed by atoms with E-state index >= 15 is 0 Å². The molecule has 0 spiro atoms. The van der Waals surface area contributed by atoms with Gasteiger partial charge in [0.15, 0.2) is 0 Å². The number of aliphatic carboxylic acids is 1. The van der Waals surface area contributed by atoms with E-state index in [1.54, 1.807) is 0 Å². The molecular weight excluding hydrogens is 123 g/mol. The normalized spacial score (nSPS) is 24.0. The number of carbonyl (C=O) groups is 1. The number of hydrogen-bond acceptors (Lipinski definition) is 2. The molecule has 0 bridgehead atoms. The van der Waals surface area contributed by atoms with Crippen LogP contribution in [0.5, 0.6) is 0 Å². The van der Waals surface area contributed by atoms with Gasteiger partial charge >= 0.3 is 18.9 Å². The summed E-state index contributed by atoms with van der Waals surface area (Å²) in [5.74, 6) is -1.17. The van der Waals surface area contributed by atoms with E-state index in [4.69, 9.17) is 0 Å². The molecule has 3 heteroatoms. The molecule has 0 aliphatic heterocycles. The molecule has 1 unspecified atom stereocenters. The Hall–Kier alpha value is -0.193. The van der Waals surface area contributed by atoms with Gasteiger partial charge in [0.25, 0.3) is 0 Å². The summed E-state index contributed by atoms with van der Waals surface area (Å²) in [6.45, 7) is 3.70. The molecular formula is C7H9LiO2. The molecule has 1 fully saturated rings. The van der Waals surface area contributed by atoms with Gasteiger partial charge in [-0.15, -0.1) is 0 Å². The zero-order valence-corrected chi connectivity index (χ0v) is 6.22. The molecule has 1 saturated carbocycles. The molecule has 0 heterocycles. The minimum absolute atomic E-state index is 0. The van der Waals surface area contributed by atoms with E-state index in [-0.39, 0.29) is 24.8 Å². The molecule has 0 amide bonds. The van der Waals surface area contributed by atoms with Crippen LogP contribution in [0, 0.1) is 5.92 Å². The Morgan fingerprint density at radius 1 is 1.70 bits per heavy atom. The zero-order chi connectivity index (χ0) is 6.85. The summed E-state index contributed by atoms with van der Waals surface area (Å²) < 4.78 is 0. The van der Waals surface area contributed by atoms with Crippen molar-refractivity contribution in [1.29, 1.82) is 0 Å². The van der Waals surface area contributed by atoms with Gasteiger partial charge in [0.2, 0.25) is 0 Å². The van der Waals surface area contributed by atoms with E-state index in [0.717, 1.165) is 18.4 Å². The monoisotopic (exact) mass is 132 g/mol. The molecule has 1 aliphatic rings. The van der Waals surface area contributed by atoms with Crippen molar-refractivity contribution in [3.8, 4) is 0 Å². The SMILES string of the molecule is C=C1CCC(C(=O)[O-])C1.[Li+]. The Morgan fingerprint density at radius 2 is 2.30 bits per heavy atom. The van der Waals surface area contributed by atoms with Crippen LogP contribution in [-0.2, 0) is 4.79 Å². The zero-order valence-electron chi connectivity index (χ0n) is 6.22. The number of carboxylic acid groups (broad SMARTS) is 1. The van der Waals surface area contributed by atoms with Gasteiger partial charge in [-0.2, -0.15) is 0 Å². The van der Waals surface area contributed by atoms with Crippen molar-refractivity contribution in [2.24, 2.45) is 5.92 Å². The van der Waals surface area contributed by atoms with E-state index in [1.165, 1.54) is 0 Å². The van der Waals surface area contributed by atoms with Crippen molar-refractivity contribution < 1.29 is 28.8 Å². The van der Waals surface area contributed by atoms with Crippen LogP contribution in [0.2, 0.25) is 0 Å². The minimum Gasteiger partial charge on any atom is -0.550 e. The van der Waals surface area contributed by atoms with Crippen LogP contribution in [0.15, 0.2) is 12.2 Å². The van der Waals surface area contributed by atoms with E-state index in [1.807, 2.05) is 0 Å². The predicted octanol–water partition coefficient (Wildman–Crippen LogP) is -2.90. The number of rotatable bonds is 1. The molecule has 0 aromatic rings. The second kappa shape index (κ2) is 3.85. The number of hydrogen-bond donors (Lipinski definition) is 0. The first kappa shape index (κ1) is 9.81. The van der Waals surface area contributed by atoms with Crippen molar-refractivity contribution >= 4 is 5.97 Å². The molecule has 0 saturated heterocycles. The van der Waals surface area contributed by atoms with Crippen LogP contribution in [0.25, 0.3) is 0 Å². The third-order valence-electron chi connectivity index (χ3n) is 1.71. The summed E-state index contributed by atoms with van der Waals surface area (Å²) in [5, 5.41) is 10.2. The summed E-state index contributed by atoms with van der Waals surface area (Å²) >= 11 is 0. The van der Waals surface area contributed by atoms with Gasteiger partial charge in [0.1, 0.15) is 0 Å². The van der Waals surface area contributed by atoms with Crippen molar-refractivity contribution in [3.05, 3.63) is 12.2 Å². The summed E-state index contributed by atoms with van der Waals surface area (Å²) in [7, 11) is 0. The number of carboxylic acids is 1. The molecule has 0 N–H and O–H groups in total. The van der Waals surface area contributed by atoms with Crippen LogP contribution in [-0.4, -0.2) is 5.97 Å². The van der Waals surface area contributed by atoms with Crippen LogP contribution < -0.4 is 24.0 Å². The molecule has 10 heavy (non-hydrogen) atoms. The van der Waals surface area contributed by atoms with Crippen LogP contribution in [0.4, 0.5) is 0 Å². The fourth-order valence-corrected chi connectivity index (χ4v) is 1.13. The average Bonchev–Trinajstić information content (AvgIpc) is 2.14. The van der Waals surface area contributed by atoms with Gasteiger partial charge in [0, 0.05) is 11.9 Å². The van der Waals surface area contributed by atoms with Gasteiger partial charge < -0.3 is 9.90 Å². The largest absolute Gasteiger partial charge is 1.00 e. The molecule has 0 aromatic carbocycles. The minimum atomic E-state index is -0.923. The van der Waals surface area contributed by atoms with Crippen LogP contribution in [0.1, 0.15) is 19.3 Å². The molecule has 2 nitrogen and oxygen atoms in total. The number of carbonyl (C=O) groups excluding carboxylic acids is 1. The third-order valence-corrected chi connectivity index (χ3v) is 1.71. The Balaban J connectivity index is 0.000000810. The Morgan fingerprint density at radius 3 is 2.50 bits per heavy atom. The maximum Gasteiger partial charge on any atom is 1.00 e. The first-order valence-electron chi connectivity index (χ1n) is 3.07. The topological polar surface area (TPSA) is 40.1 Å². The Kier molecular flexibility index (Phi) is 3.78. The second-order valence-corrected chi connectivity index (χ2v) is 2.51. The first-order valence-corrected chi connectivity index (χ1v) is 3.07. The smallest absolute Gasteiger partial charge is 0.550 e. The Bertz CT molecular complexity index is 154. The van der Waals surface area contributed by atoms with E-state index in [9.17, 15) is 9.90 Å². The fraction of sp³-hybridized carbons (Fsp3) is 0.571. The van der Waals surface area contributed by atoms with Gasteiger partial charge in [-0.3, -0.25) is 0 Å². The first-order chi connectivity index (χ1) is 4.20. The standard InChI is InChI=1S/C7H10O2.Li/c1-5-2-3-6(4-5)7(8)9;/h6H,1-4H2,(H,8,9);/q;+1/p-1. The summed E-state index contributed by atoms with van der Waals surface area (Å²) in [6, 6.07) is 0. The third kappa shape index (κ3) is 2.21. The number of allylic oxidation sites excluding steroid dienone is 1. The van der Waals surface area contributed by atoms with Gasteiger partial charge in [-0.25, -0.2) is 0 Å². The molecule has 0 radical (unpaired) electrons. The molecule has 1 aliphatic carbocycles. The van der Waals surface area contributed by atoms with Crippen molar-refractivity contribution in [2.45, 2.75) is 19.3 Å². The molecule has 1 atom stereocenters. The van der Waals surface area contributed by atoms with E-state index in [0.29, 0.717) is 6.42 Å². The van der Waals surface area contributed by atoms with Gasteiger partial charge in [0.05, 0.1) is 0 Å². The fourth-order valence-electron chi connectivity index (χ4n) is 1.13. The maximum absolute atomic E-state index is 10.2. The van der Waals surface area contributed by atoms with E-state index < -0.39 is 5.97 Å². The van der Waals surface area contributed by atoms with Gasteiger partial charge in [-0.1, -0.05) is 12.2 Å². The molecule has 0 aromatic heterocycles. The van der Waals surface area contributed by atoms with Gasteiger partial charge in [-0.05, 0) is 19.3 Å². The summed E-state index contributed by atoms with van der Waals surface area (Å²) in [5.41, 5.74) is 1.05. The Labute approximate surface area is 72.5 Å². The van der Waals surface area contributed by atoms with E-state index in [2.05, 4.69) is 6.58 Å². The summed E-state index contributed by atoms with van der Waals surface area (Å²) in [4.78, 5) is 10.2. The van der Waals surface area contributed by atoms with Crippen LogP contribution >= 0.6 is 0 Å². The van der Waals surface area contributed by atoms with Crippen molar-refractivity contribution in [3.63, 3.8) is 0 Å². The second-order valence-electron chi connectivity index (χ2n) is 2.51. The van der Waals surface area contributed by atoms with Crippen LogP contribution in [0.3, 0.4) is 0 Å². The van der Waals surface area contributed by atoms with Crippen molar-refractivity contribution in [1.82, 2.24) is 0 Å². The maximum atomic E-state index is 10.2.